The first-order valence-electron chi connectivity index (χ1n) is 21.0. The number of fused-ring (bicyclic) bond motifs is 2. The largest absolute Gasteiger partial charge is 0.508 e. The van der Waals surface area contributed by atoms with Crippen molar-refractivity contribution in [1.82, 2.24) is 39.5 Å². The summed E-state index contributed by atoms with van der Waals surface area (Å²) in [5.41, 5.74) is 11.6. The Bertz CT molecular complexity index is 2390. The van der Waals surface area contributed by atoms with Gasteiger partial charge in [0, 0.05) is 94.7 Å². The molecule has 0 atom stereocenters. The van der Waals surface area contributed by atoms with Crippen LogP contribution in [0.2, 0.25) is 0 Å². The number of hydrogen-bond acceptors (Lipinski definition) is 14. The van der Waals surface area contributed by atoms with E-state index in [-0.39, 0.29) is 46.7 Å². The van der Waals surface area contributed by atoms with Crippen molar-refractivity contribution in [2.24, 2.45) is 5.92 Å². The second-order valence-corrected chi connectivity index (χ2v) is 17.9. The van der Waals surface area contributed by atoms with Gasteiger partial charge in [0.1, 0.15) is 11.5 Å². The molecule has 0 radical (unpaired) electrons. The maximum Gasteiger partial charge on any atom is 0.258 e. The van der Waals surface area contributed by atoms with E-state index < -0.39 is 0 Å². The van der Waals surface area contributed by atoms with Crippen LogP contribution < -0.4 is 10.6 Å². The minimum Gasteiger partial charge on any atom is -0.508 e. The number of thiophene rings is 1. The molecule has 0 saturated carbocycles. The summed E-state index contributed by atoms with van der Waals surface area (Å²) < 4.78 is 6.70. The van der Waals surface area contributed by atoms with E-state index in [2.05, 4.69) is 53.8 Å². The van der Waals surface area contributed by atoms with Crippen LogP contribution in [0.5, 0.6) is 11.5 Å². The molecule has 0 unspecified atom stereocenters. The Balaban J connectivity index is 0.766. The Morgan fingerprint density at radius 1 is 0.833 bits per heavy atom. The fourth-order valence-electron chi connectivity index (χ4n) is 8.90. The summed E-state index contributed by atoms with van der Waals surface area (Å²) in [6.07, 6.45) is 5.03. The number of piperidine rings is 1. The molecule has 0 spiro atoms. The molecule has 2 amide bonds. The SMILES string of the molecule is CC(C)c1cc(C(=O)N2Cc3ccc(CN4CCN(C(=O)C5CCN(Cc6cc7nc(-c8cnc(N)nc8)nc(N8CCOCC8)c7s6)CC5)CC4)cc3C2)c(O)cc1O. The van der Waals surface area contributed by atoms with Crippen molar-refractivity contribution in [2.75, 3.05) is 76.2 Å². The lowest BCUT2D eigenvalue weighted by atomic mass is 9.95. The van der Waals surface area contributed by atoms with Gasteiger partial charge in [-0.3, -0.25) is 19.4 Å². The van der Waals surface area contributed by atoms with Crippen LogP contribution >= 0.6 is 11.3 Å². The normalized spacial score (nSPS) is 18.1. The summed E-state index contributed by atoms with van der Waals surface area (Å²) in [5.74, 6) is 1.59. The zero-order valence-corrected chi connectivity index (χ0v) is 35.0. The molecule has 0 aliphatic carbocycles. The van der Waals surface area contributed by atoms with Gasteiger partial charge in [-0.05, 0) is 66.2 Å². The quantitative estimate of drug-likeness (QED) is 0.185. The van der Waals surface area contributed by atoms with Crippen LogP contribution in [0.4, 0.5) is 11.8 Å². The molecule has 9 rings (SSSR count). The third-order valence-corrected chi connectivity index (χ3v) is 13.4. The smallest absolute Gasteiger partial charge is 0.258 e. The Kier molecular flexibility index (Phi) is 11.3. The summed E-state index contributed by atoms with van der Waals surface area (Å²) in [4.78, 5) is 57.6. The van der Waals surface area contributed by atoms with Crippen molar-refractivity contribution in [3.05, 3.63) is 81.5 Å². The molecule has 15 nitrogen and oxygen atoms in total. The molecular formula is C44H52N10O5S. The number of nitrogens with zero attached hydrogens (tertiary/aromatic N) is 9. The van der Waals surface area contributed by atoms with Gasteiger partial charge in [-0.15, -0.1) is 11.3 Å². The molecule has 3 fully saturated rings. The first-order chi connectivity index (χ1) is 29.1. The molecule has 16 heteroatoms. The highest BCUT2D eigenvalue weighted by Crippen LogP contribution is 2.37. The molecular weight excluding hydrogens is 781 g/mol. The standard InChI is InChI=1S/C44H52N10O5S/c1-27(2)34-19-35(38(56)20-37(34)55)43(58)54-24-30-4-3-28(17-31(30)25-54)23-51-9-11-53(12-10-51)42(57)29-5-7-50(8-6-29)26-33-18-36-39(60-33)41(52-13-15-59-16-14-52)49-40(48-36)32-21-46-44(45)47-22-32/h3-4,17-22,27,29,55-56H,5-16,23-26H2,1-2H3,(H2,45,46,47). The Hall–Kier alpha value is -5.42. The van der Waals surface area contributed by atoms with Crippen LogP contribution in [0.25, 0.3) is 21.6 Å². The summed E-state index contributed by atoms with van der Waals surface area (Å²) in [6, 6.07) is 11.5. The number of hydrogen-bond donors (Lipinski definition) is 3. The number of aromatic nitrogens is 4. The van der Waals surface area contributed by atoms with Crippen molar-refractivity contribution >= 4 is 45.1 Å². The number of likely N-dealkylation sites (tertiary alicyclic amines) is 1. The third kappa shape index (κ3) is 8.33. The van der Waals surface area contributed by atoms with Gasteiger partial charge in [0.05, 0.1) is 34.6 Å². The first-order valence-corrected chi connectivity index (χ1v) is 21.8. The average Bonchev–Trinajstić information content (AvgIpc) is 3.88. The lowest BCUT2D eigenvalue weighted by Gasteiger charge is -2.38. The highest BCUT2D eigenvalue weighted by atomic mass is 32.1. The fourth-order valence-corrected chi connectivity index (χ4v) is 10.1. The van der Waals surface area contributed by atoms with E-state index in [1.807, 2.05) is 13.8 Å². The van der Waals surface area contributed by atoms with Gasteiger partial charge in [-0.1, -0.05) is 32.0 Å². The number of aromatic hydroxyl groups is 2. The molecule has 3 aromatic heterocycles. The molecule has 4 aliphatic heterocycles. The molecule has 2 aromatic carbocycles. The van der Waals surface area contributed by atoms with Crippen LogP contribution in [0.3, 0.4) is 0 Å². The van der Waals surface area contributed by atoms with Gasteiger partial charge < -0.3 is 35.4 Å². The van der Waals surface area contributed by atoms with Gasteiger partial charge in [0.2, 0.25) is 11.9 Å². The second kappa shape index (κ2) is 16.9. The van der Waals surface area contributed by atoms with Crippen LogP contribution in [-0.2, 0) is 35.7 Å². The van der Waals surface area contributed by atoms with Gasteiger partial charge in [0.25, 0.3) is 5.91 Å². The molecule has 4 aliphatic rings. The van der Waals surface area contributed by atoms with Crippen LogP contribution in [0, 0.1) is 5.92 Å². The number of nitrogens with two attached hydrogens (primary N) is 1. The number of benzene rings is 2. The fraction of sp³-hybridized carbons (Fsp3) is 0.455. The molecule has 3 saturated heterocycles. The van der Waals surface area contributed by atoms with Crippen molar-refractivity contribution in [3.63, 3.8) is 0 Å². The second-order valence-electron chi connectivity index (χ2n) is 16.7. The summed E-state index contributed by atoms with van der Waals surface area (Å²) in [6.45, 7) is 14.1. The number of phenols is 2. The van der Waals surface area contributed by atoms with Crippen molar-refractivity contribution in [3.8, 4) is 22.9 Å². The van der Waals surface area contributed by atoms with Crippen molar-refractivity contribution in [1.29, 1.82) is 0 Å². The number of phenolic OH excluding ortho intramolecular Hbond substituents is 2. The van der Waals surface area contributed by atoms with E-state index in [4.69, 9.17) is 20.4 Å². The number of piperazine rings is 1. The number of carbonyl (C=O) groups excluding carboxylic acids is 2. The molecule has 5 aromatic rings. The number of nitrogen functional groups attached to an aromatic ring is 1. The minimum atomic E-state index is -0.246. The van der Waals surface area contributed by atoms with E-state index in [0.29, 0.717) is 37.7 Å². The highest BCUT2D eigenvalue weighted by Gasteiger charge is 2.32. The van der Waals surface area contributed by atoms with Crippen LogP contribution in [0.15, 0.2) is 48.8 Å². The Morgan fingerprint density at radius 2 is 1.55 bits per heavy atom. The van der Waals surface area contributed by atoms with E-state index in [1.165, 1.54) is 16.5 Å². The highest BCUT2D eigenvalue weighted by molar-refractivity contribution is 7.19. The van der Waals surface area contributed by atoms with Crippen LogP contribution in [0.1, 0.15) is 70.1 Å². The van der Waals surface area contributed by atoms with Crippen LogP contribution in [-0.4, -0.2) is 127 Å². The zero-order chi connectivity index (χ0) is 41.5. The molecule has 314 valence electrons. The predicted octanol–water partition coefficient (Wildman–Crippen LogP) is 4.81. The Morgan fingerprint density at radius 3 is 2.28 bits per heavy atom. The summed E-state index contributed by atoms with van der Waals surface area (Å²) >= 11 is 1.74. The number of ether oxygens (including phenoxy) is 1. The molecule has 4 N–H and O–H groups in total. The number of anilines is 2. The molecule has 60 heavy (non-hydrogen) atoms. The maximum absolute atomic E-state index is 13.7. The number of carbonyl (C=O) groups is 2. The lowest BCUT2D eigenvalue weighted by Crippen LogP contribution is -2.51. The van der Waals surface area contributed by atoms with Crippen molar-refractivity contribution < 1.29 is 24.5 Å². The van der Waals surface area contributed by atoms with E-state index >= 15 is 0 Å². The van der Waals surface area contributed by atoms with Gasteiger partial charge in [-0.2, -0.15) is 0 Å². The molecule has 0 bridgehead atoms. The first kappa shape index (κ1) is 40.0. The number of rotatable bonds is 9. The van der Waals surface area contributed by atoms with Gasteiger partial charge in [0.15, 0.2) is 11.6 Å². The average molecular weight is 833 g/mol. The number of morpholine rings is 1. The van der Waals surface area contributed by atoms with E-state index in [0.717, 1.165) is 111 Å². The summed E-state index contributed by atoms with van der Waals surface area (Å²) in [5, 5.41) is 20.8. The van der Waals surface area contributed by atoms with E-state index in [1.54, 1.807) is 34.7 Å². The number of amides is 2. The maximum atomic E-state index is 13.7. The van der Waals surface area contributed by atoms with Gasteiger partial charge in [-0.25, -0.2) is 19.9 Å². The van der Waals surface area contributed by atoms with E-state index in [9.17, 15) is 19.8 Å². The predicted molar refractivity (Wildman–Crippen MR) is 230 cm³/mol. The third-order valence-electron chi connectivity index (χ3n) is 12.3. The summed E-state index contributed by atoms with van der Waals surface area (Å²) in [7, 11) is 0. The zero-order valence-electron chi connectivity index (χ0n) is 34.2. The Labute approximate surface area is 353 Å². The minimum absolute atomic E-state index is 0.00251. The lowest BCUT2D eigenvalue weighted by molar-refractivity contribution is -0.139. The van der Waals surface area contributed by atoms with Gasteiger partial charge >= 0.3 is 0 Å². The molecule has 7 heterocycles. The topological polar surface area (TPSA) is 178 Å². The monoisotopic (exact) mass is 832 g/mol. The van der Waals surface area contributed by atoms with Crippen molar-refractivity contribution in [2.45, 2.75) is 58.8 Å².